The maximum absolute atomic E-state index is 11.3. The molecule has 21 heavy (non-hydrogen) atoms. The van der Waals surface area contributed by atoms with Crippen molar-refractivity contribution in [2.24, 2.45) is 0 Å². The summed E-state index contributed by atoms with van der Waals surface area (Å²) in [5.74, 6) is 0.126. The van der Waals surface area contributed by atoms with Crippen LogP contribution in [0.5, 0.6) is 0 Å². The van der Waals surface area contributed by atoms with Gasteiger partial charge in [-0.25, -0.2) is 14.8 Å². The van der Waals surface area contributed by atoms with Gasteiger partial charge in [0, 0.05) is 25.0 Å². The number of nitrogens with zero attached hydrogens (tertiary/aromatic N) is 4. The van der Waals surface area contributed by atoms with Gasteiger partial charge < -0.3 is 10.1 Å². The number of ether oxygens (including phenoxy) is 1. The van der Waals surface area contributed by atoms with Gasteiger partial charge in [-0.15, -0.1) is 0 Å². The van der Waals surface area contributed by atoms with E-state index in [9.17, 15) is 4.79 Å². The van der Waals surface area contributed by atoms with E-state index >= 15 is 0 Å². The van der Waals surface area contributed by atoms with Gasteiger partial charge in [-0.1, -0.05) is 0 Å². The summed E-state index contributed by atoms with van der Waals surface area (Å²) in [6.45, 7) is 5.59. The molecule has 0 bridgehead atoms. The third kappa shape index (κ3) is 4.01. The molecule has 2 heterocycles. The molecule has 0 aliphatic heterocycles. The lowest BCUT2D eigenvalue weighted by Gasteiger charge is -2.07. The molecule has 7 heteroatoms. The molecule has 0 aliphatic rings. The van der Waals surface area contributed by atoms with E-state index in [1.54, 1.807) is 6.07 Å². The maximum Gasteiger partial charge on any atom is 0.376 e. The zero-order chi connectivity index (χ0) is 15.2. The van der Waals surface area contributed by atoms with Gasteiger partial charge >= 0.3 is 5.97 Å². The number of aryl methyl sites for hydroxylation is 3. The maximum atomic E-state index is 11.3. The van der Waals surface area contributed by atoms with Crippen LogP contribution in [-0.4, -0.2) is 39.4 Å². The van der Waals surface area contributed by atoms with Gasteiger partial charge in [-0.2, -0.15) is 5.10 Å². The fraction of sp³-hybridized carbons (Fsp3) is 0.429. The Bertz CT molecular complexity index is 624. The molecule has 0 atom stereocenters. The summed E-state index contributed by atoms with van der Waals surface area (Å²) in [4.78, 5) is 19.3. The number of hydrogen-bond acceptors (Lipinski definition) is 6. The second kappa shape index (κ2) is 6.83. The van der Waals surface area contributed by atoms with E-state index in [0.717, 1.165) is 30.9 Å². The van der Waals surface area contributed by atoms with E-state index in [1.807, 2.05) is 18.5 Å². The second-order valence-corrected chi connectivity index (χ2v) is 4.69. The van der Waals surface area contributed by atoms with Crippen molar-refractivity contribution < 1.29 is 9.53 Å². The van der Waals surface area contributed by atoms with Crippen LogP contribution in [0.1, 0.15) is 28.4 Å². The lowest BCUT2D eigenvalue weighted by molar-refractivity contribution is 0.0587. The minimum Gasteiger partial charge on any atom is -0.463 e. The first-order chi connectivity index (χ1) is 10.1. The number of methoxy groups -OCH3 is 1. The van der Waals surface area contributed by atoms with Gasteiger partial charge in [-0.3, -0.25) is 4.68 Å². The van der Waals surface area contributed by atoms with Crippen LogP contribution in [0.4, 0.5) is 5.82 Å². The molecule has 0 amide bonds. The quantitative estimate of drug-likeness (QED) is 0.642. The molecule has 0 spiro atoms. The predicted molar refractivity (Wildman–Crippen MR) is 78.2 cm³/mol. The topological polar surface area (TPSA) is 81.9 Å². The second-order valence-electron chi connectivity index (χ2n) is 4.69. The van der Waals surface area contributed by atoms with Crippen LogP contribution in [0, 0.1) is 13.8 Å². The number of esters is 1. The van der Waals surface area contributed by atoms with Crippen LogP contribution in [0.25, 0.3) is 0 Å². The van der Waals surface area contributed by atoms with Crippen LogP contribution >= 0.6 is 0 Å². The largest absolute Gasteiger partial charge is 0.463 e. The van der Waals surface area contributed by atoms with E-state index in [-0.39, 0.29) is 5.82 Å². The first-order valence-corrected chi connectivity index (χ1v) is 6.76. The highest BCUT2D eigenvalue weighted by molar-refractivity contribution is 5.85. The summed E-state index contributed by atoms with van der Waals surface area (Å²) in [6.07, 6.45) is 2.43. The van der Waals surface area contributed by atoms with Crippen LogP contribution in [0.15, 0.2) is 18.3 Å². The Morgan fingerprint density at radius 2 is 2.24 bits per heavy atom. The van der Waals surface area contributed by atoms with Gasteiger partial charge in [0.2, 0.25) is 5.82 Å². The van der Waals surface area contributed by atoms with Gasteiger partial charge in [-0.05, 0) is 32.4 Å². The molecule has 0 fully saturated rings. The lowest BCUT2D eigenvalue weighted by atomic mass is 10.4. The van der Waals surface area contributed by atoms with E-state index in [4.69, 9.17) is 0 Å². The van der Waals surface area contributed by atoms with Crippen LogP contribution < -0.4 is 5.32 Å². The predicted octanol–water partition coefficient (Wildman–Crippen LogP) is 1.58. The summed E-state index contributed by atoms with van der Waals surface area (Å²) < 4.78 is 6.57. The molecular formula is C14H19N5O2. The van der Waals surface area contributed by atoms with Gasteiger partial charge in [0.05, 0.1) is 12.8 Å². The fourth-order valence-electron chi connectivity index (χ4n) is 1.99. The summed E-state index contributed by atoms with van der Waals surface area (Å²) >= 11 is 0. The Morgan fingerprint density at radius 1 is 1.43 bits per heavy atom. The molecule has 2 aromatic heterocycles. The average Bonchev–Trinajstić information content (AvgIpc) is 2.81. The summed E-state index contributed by atoms with van der Waals surface area (Å²) in [5, 5.41) is 7.57. The fourth-order valence-corrected chi connectivity index (χ4v) is 1.99. The molecule has 0 unspecified atom stereocenters. The zero-order valence-electron chi connectivity index (χ0n) is 12.5. The van der Waals surface area contributed by atoms with Gasteiger partial charge in [0.25, 0.3) is 0 Å². The number of anilines is 1. The SMILES string of the molecule is COC(=O)c1nccc(NCCCn2nc(C)cc2C)n1. The van der Waals surface area contributed by atoms with Crippen molar-refractivity contribution in [1.29, 1.82) is 0 Å². The van der Waals surface area contributed by atoms with E-state index in [2.05, 4.69) is 31.2 Å². The van der Waals surface area contributed by atoms with E-state index < -0.39 is 5.97 Å². The minimum absolute atomic E-state index is 0.0565. The molecule has 0 aliphatic carbocycles. The molecule has 2 rings (SSSR count). The molecule has 0 aromatic carbocycles. The van der Waals surface area contributed by atoms with Crippen molar-refractivity contribution in [2.45, 2.75) is 26.8 Å². The van der Waals surface area contributed by atoms with Crippen LogP contribution in [0.2, 0.25) is 0 Å². The Kier molecular flexibility index (Phi) is 4.86. The average molecular weight is 289 g/mol. The highest BCUT2D eigenvalue weighted by Gasteiger charge is 2.09. The van der Waals surface area contributed by atoms with Crippen molar-refractivity contribution in [3.8, 4) is 0 Å². The third-order valence-corrected chi connectivity index (χ3v) is 2.98. The first kappa shape index (κ1) is 15.0. The Morgan fingerprint density at radius 3 is 2.90 bits per heavy atom. The number of hydrogen-bond donors (Lipinski definition) is 1. The number of carbonyl (C=O) groups excluding carboxylic acids is 1. The van der Waals surface area contributed by atoms with Gasteiger partial charge in [0.15, 0.2) is 0 Å². The minimum atomic E-state index is -0.540. The summed E-state index contributed by atoms with van der Waals surface area (Å²) in [6, 6.07) is 3.77. The van der Waals surface area contributed by atoms with Crippen molar-refractivity contribution >= 4 is 11.8 Å². The lowest BCUT2D eigenvalue weighted by Crippen LogP contribution is -2.12. The Labute approximate surface area is 123 Å². The van der Waals surface area contributed by atoms with Crippen molar-refractivity contribution in [3.63, 3.8) is 0 Å². The molecule has 0 saturated carbocycles. The number of nitrogens with one attached hydrogen (secondary N) is 1. The smallest absolute Gasteiger partial charge is 0.376 e. The van der Waals surface area contributed by atoms with Crippen molar-refractivity contribution in [1.82, 2.24) is 19.7 Å². The Hall–Kier alpha value is -2.44. The highest BCUT2D eigenvalue weighted by atomic mass is 16.5. The summed E-state index contributed by atoms with van der Waals surface area (Å²) in [7, 11) is 1.31. The first-order valence-electron chi connectivity index (χ1n) is 6.76. The molecule has 2 aromatic rings. The molecule has 0 saturated heterocycles. The Balaban J connectivity index is 1.83. The van der Waals surface area contributed by atoms with Crippen LogP contribution in [-0.2, 0) is 11.3 Å². The zero-order valence-corrected chi connectivity index (χ0v) is 12.5. The molecular weight excluding hydrogens is 270 g/mol. The molecule has 112 valence electrons. The van der Waals surface area contributed by atoms with Crippen molar-refractivity contribution in [2.75, 3.05) is 19.0 Å². The van der Waals surface area contributed by atoms with Crippen molar-refractivity contribution in [3.05, 3.63) is 35.5 Å². The monoisotopic (exact) mass is 289 g/mol. The van der Waals surface area contributed by atoms with Gasteiger partial charge in [0.1, 0.15) is 5.82 Å². The molecule has 7 nitrogen and oxygen atoms in total. The summed E-state index contributed by atoms with van der Waals surface area (Å²) in [5.41, 5.74) is 2.18. The van der Waals surface area contributed by atoms with E-state index in [1.165, 1.54) is 13.3 Å². The van der Waals surface area contributed by atoms with E-state index in [0.29, 0.717) is 5.82 Å². The normalized spacial score (nSPS) is 10.4. The standard InChI is InChI=1S/C14H19N5O2/c1-10-9-11(2)19(18-10)8-4-6-15-12-5-7-16-13(17-12)14(20)21-3/h5,7,9H,4,6,8H2,1-3H3,(H,15,16,17). The van der Waals surface area contributed by atoms with Crippen LogP contribution in [0.3, 0.4) is 0 Å². The number of carbonyl (C=O) groups is 1. The highest BCUT2D eigenvalue weighted by Crippen LogP contribution is 2.05. The number of rotatable bonds is 6. The third-order valence-electron chi connectivity index (χ3n) is 2.98. The molecule has 0 radical (unpaired) electrons. The number of aromatic nitrogens is 4. The molecule has 1 N–H and O–H groups in total.